The largest absolute Gasteiger partial charge is 0.367 e. The summed E-state index contributed by atoms with van der Waals surface area (Å²) >= 11 is 0. The number of ether oxygens (including phenoxy) is 1. The Morgan fingerprint density at radius 3 is 1.86 bits per heavy atom. The first-order valence-electron chi connectivity index (χ1n) is 5.78. The Balaban J connectivity index is 4.46. The maximum Gasteiger partial charge on any atom is 0.161 e. The van der Waals surface area contributed by atoms with Crippen molar-refractivity contribution in [1.29, 1.82) is 0 Å². The first-order chi connectivity index (χ1) is 6.63. The molecule has 0 atom stereocenters. The zero-order valence-corrected chi connectivity index (χ0v) is 10.1. The van der Waals surface area contributed by atoms with Gasteiger partial charge in [-0.2, -0.15) is 0 Å². The molecule has 84 valence electrons. The Kier molecular flexibility index (Phi) is 6.81. The molecule has 0 heterocycles. The molecule has 0 radical (unpaired) electrons. The second-order valence-corrected chi connectivity index (χ2v) is 3.90. The molecule has 0 amide bonds. The fourth-order valence-electron chi connectivity index (χ4n) is 1.83. The highest BCUT2D eigenvalue weighted by molar-refractivity contribution is 5.84. The van der Waals surface area contributed by atoms with Crippen molar-refractivity contribution in [2.24, 2.45) is 0 Å². The van der Waals surface area contributed by atoms with E-state index in [0.717, 1.165) is 32.1 Å². The van der Waals surface area contributed by atoms with Crippen LogP contribution in [-0.2, 0) is 9.53 Å². The Hall–Kier alpha value is -0.370. The summed E-state index contributed by atoms with van der Waals surface area (Å²) in [4.78, 5) is 11.6. The summed E-state index contributed by atoms with van der Waals surface area (Å²) in [5.74, 6) is 0.189. The highest BCUT2D eigenvalue weighted by Crippen LogP contribution is 2.25. The van der Waals surface area contributed by atoms with Crippen molar-refractivity contribution in [2.75, 3.05) is 6.61 Å². The van der Waals surface area contributed by atoms with Gasteiger partial charge in [0.25, 0.3) is 0 Å². The lowest BCUT2D eigenvalue weighted by Gasteiger charge is -2.31. The summed E-state index contributed by atoms with van der Waals surface area (Å²) in [5.41, 5.74) is -0.487. The van der Waals surface area contributed by atoms with Gasteiger partial charge in [-0.25, -0.2) is 0 Å². The van der Waals surface area contributed by atoms with Crippen LogP contribution in [0.4, 0.5) is 0 Å². The molecular formula is C12H24O2. The van der Waals surface area contributed by atoms with Crippen LogP contribution in [-0.4, -0.2) is 18.0 Å². The fraction of sp³-hybridized carbons (Fsp3) is 0.917. The molecule has 0 saturated heterocycles. The third-order valence-electron chi connectivity index (χ3n) is 2.53. The van der Waals surface area contributed by atoms with Crippen LogP contribution in [0.2, 0.25) is 0 Å². The zero-order valence-electron chi connectivity index (χ0n) is 10.1. The molecule has 0 aliphatic heterocycles. The van der Waals surface area contributed by atoms with Crippen LogP contribution >= 0.6 is 0 Å². The number of hydrogen-bond donors (Lipinski definition) is 0. The number of rotatable bonds is 8. The van der Waals surface area contributed by atoms with Gasteiger partial charge in [0.2, 0.25) is 0 Å². The Morgan fingerprint density at radius 2 is 1.57 bits per heavy atom. The lowest BCUT2D eigenvalue weighted by atomic mass is 9.88. The molecule has 0 saturated carbocycles. The summed E-state index contributed by atoms with van der Waals surface area (Å²) in [6.45, 7) is 8.62. The Bertz CT molecular complexity index is 158. The van der Waals surface area contributed by atoms with Crippen LogP contribution in [0.1, 0.15) is 59.8 Å². The van der Waals surface area contributed by atoms with Crippen LogP contribution < -0.4 is 0 Å². The summed E-state index contributed by atoms with van der Waals surface area (Å²) in [6.07, 6.45) is 4.70. The number of ketones is 1. The van der Waals surface area contributed by atoms with Gasteiger partial charge in [0.15, 0.2) is 5.78 Å². The number of carbonyl (C=O) groups excluding carboxylic acids is 1. The highest BCUT2D eigenvalue weighted by Gasteiger charge is 2.34. The molecule has 0 N–H and O–H groups in total. The molecule has 0 bridgehead atoms. The monoisotopic (exact) mass is 200 g/mol. The third kappa shape index (κ3) is 3.79. The van der Waals surface area contributed by atoms with Gasteiger partial charge in [0.05, 0.1) is 0 Å². The average molecular weight is 200 g/mol. The van der Waals surface area contributed by atoms with Crippen molar-refractivity contribution in [1.82, 2.24) is 0 Å². The van der Waals surface area contributed by atoms with Gasteiger partial charge in [-0.05, 0) is 26.2 Å². The van der Waals surface area contributed by atoms with Crippen molar-refractivity contribution in [3.8, 4) is 0 Å². The summed E-state index contributed by atoms with van der Waals surface area (Å²) in [5, 5.41) is 0. The maximum atomic E-state index is 11.6. The molecule has 0 aliphatic carbocycles. The number of hydrogen-bond acceptors (Lipinski definition) is 2. The third-order valence-corrected chi connectivity index (χ3v) is 2.53. The maximum absolute atomic E-state index is 11.6. The molecule has 2 heteroatoms. The van der Waals surface area contributed by atoms with Gasteiger partial charge in [-0.3, -0.25) is 4.79 Å². The lowest BCUT2D eigenvalue weighted by Crippen LogP contribution is -2.40. The average Bonchev–Trinajstić information content (AvgIpc) is 2.14. The molecule has 0 spiro atoms. The van der Waals surface area contributed by atoms with E-state index >= 15 is 0 Å². The van der Waals surface area contributed by atoms with E-state index in [1.165, 1.54) is 0 Å². The molecule has 14 heavy (non-hydrogen) atoms. The van der Waals surface area contributed by atoms with E-state index < -0.39 is 5.60 Å². The molecule has 0 unspecified atom stereocenters. The Labute approximate surface area is 88.0 Å². The number of Topliss-reactive ketones (excluding diaryl/α,β-unsaturated/α-hetero) is 1. The molecule has 0 aromatic rings. The lowest BCUT2D eigenvalue weighted by molar-refractivity contribution is -0.145. The van der Waals surface area contributed by atoms with Gasteiger partial charge in [0.1, 0.15) is 5.60 Å². The van der Waals surface area contributed by atoms with Crippen molar-refractivity contribution in [3.05, 3.63) is 0 Å². The fourth-order valence-corrected chi connectivity index (χ4v) is 1.83. The van der Waals surface area contributed by atoms with E-state index in [1.54, 1.807) is 6.92 Å². The molecule has 0 aromatic carbocycles. The minimum Gasteiger partial charge on any atom is -0.367 e. The van der Waals surface area contributed by atoms with E-state index in [9.17, 15) is 4.79 Å². The van der Waals surface area contributed by atoms with Crippen LogP contribution in [0.15, 0.2) is 0 Å². The van der Waals surface area contributed by atoms with Crippen LogP contribution in [0.3, 0.4) is 0 Å². The minimum absolute atomic E-state index is 0.189. The van der Waals surface area contributed by atoms with Crippen LogP contribution in [0, 0.1) is 0 Å². The molecule has 0 rings (SSSR count). The van der Waals surface area contributed by atoms with E-state index in [1.807, 2.05) is 0 Å². The first kappa shape index (κ1) is 13.6. The molecule has 0 aromatic heterocycles. The standard InChI is InChI=1S/C12H24O2/c1-5-8-12(9-6-2,11(4)13)14-10-7-3/h5-10H2,1-4H3. The van der Waals surface area contributed by atoms with Crippen molar-refractivity contribution >= 4 is 5.78 Å². The van der Waals surface area contributed by atoms with Crippen molar-refractivity contribution < 1.29 is 9.53 Å². The molecular weight excluding hydrogens is 176 g/mol. The predicted molar refractivity (Wildman–Crippen MR) is 59.5 cm³/mol. The summed E-state index contributed by atoms with van der Waals surface area (Å²) < 4.78 is 5.77. The minimum atomic E-state index is -0.487. The summed E-state index contributed by atoms with van der Waals surface area (Å²) in [7, 11) is 0. The molecule has 2 nitrogen and oxygen atoms in total. The topological polar surface area (TPSA) is 26.3 Å². The van der Waals surface area contributed by atoms with E-state index in [-0.39, 0.29) is 5.78 Å². The highest BCUT2D eigenvalue weighted by atomic mass is 16.5. The smallest absolute Gasteiger partial charge is 0.161 e. The van der Waals surface area contributed by atoms with Gasteiger partial charge >= 0.3 is 0 Å². The van der Waals surface area contributed by atoms with Crippen molar-refractivity contribution in [2.45, 2.75) is 65.4 Å². The number of carbonyl (C=O) groups is 1. The Morgan fingerprint density at radius 1 is 1.07 bits per heavy atom. The molecule has 0 aliphatic rings. The predicted octanol–water partition coefficient (Wildman–Crippen LogP) is 3.34. The second kappa shape index (κ2) is 6.99. The normalized spacial score (nSPS) is 11.7. The SMILES string of the molecule is CCCOC(CCC)(CCC)C(C)=O. The summed E-state index contributed by atoms with van der Waals surface area (Å²) in [6, 6.07) is 0. The second-order valence-electron chi connectivity index (χ2n) is 3.90. The first-order valence-corrected chi connectivity index (χ1v) is 5.78. The van der Waals surface area contributed by atoms with Crippen LogP contribution in [0.5, 0.6) is 0 Å². The zero-order chi connectivity index (χ0) is 11.0. The van der Waals surface area contributed by atoms with Gasteiger partial charge in [0, 0.05) is 6.61 Å². The van der Waals surface area contributed by atoms with Gasteiger partial charge < -0.3 is 4.74 Å². The van der Waals surface area contributed by atoms with Crippen LogP contribution in [0.25, 0.3) is 0 Å². The van der Waals surface area contributed by atoms with E-state index in [4.69, 9.17) is 4.74 Å². The van der Waals surface area contributed by atoms with Gasteiger partial charge in [-0.15, -0.1) is 0 Å². The quantitative estimate of drug-likeness (QED) is 0.600. The van der Waals surface area contributed by atoms with Gasteiger partial charge in [-0.1, -0.05) is 33.6 Å². The molecule has 0 fully saturated rings. The van der Waals surface area contributed by atoms with E-state index in [0.29, 0.717) is 6.61 Å². The van der Waals surface area contributed by atoms with Crippen molar-refractivity contribution in [3.63, 3.8) is 0 Å². The van der Waals surface area contributed by atoms with E-state index in [2.05, 4.69) is 20.8 Å².